The van der Waals surface area contributed by atoms with E-state index in [2.05, 4.69) is 74.0 Å². The lowest BCUT2D eigenvalue weighted by molar-refractivity contribution is 0.521. The zero-order valence-electron chi connectivity index (χ0n) is 11.9. The molecule has 1 aliphatic heterocycles. The summed E-state index contributed by atoms with van der Waals surface area (Å²) in [6.07, 6.45) is 1.01. The van der Waals surface area contributed by atoms with Crippen LogP contribution in [0, 0.1) is 6.92 Å². The SMILES string of the molecule is Cc1ccc(CC(NN)C2CSC(C)C(C)S2)cc1. The topological polar surface area (TPSA) is 38.0 Å². The molecule has 4 heteroatoms. The van der Waals surface area contributed by atoms with Crippen LogP contribution in [0.15, 0.2) is 24.3 Å². The average molecular weight is 297 g/mol. The Kier molecular flexibility index (Phi) is 5.63. The Bertz CT molecular complexity index is 394. The lowest BCUT2D eigenvalue weighted by Crippen LogP contribution is -2.47. The molecule has 0 radical (unpaired) electrons. The van der Waals surface area contributed by atoms with Crippen molar-refractivity contribution >= 4 is 23.5 Å². The fraction of sp³-hybridized carbons (Fsp3) is 0.600. The number of thioether (sulfide) groups is 2. The maximum atomic E-state index is 5.79. The molecule has 1 aromatic carbocycles. The molecule has 0 aromatic heterocycles. The van der Waals surface area contributed by atoms with E-state index in [0.717, 1.165) is 11.7 Å². The van der Waals surface area contributed by atoms with Crippen molar-refractivity contribution in [3.63, 3.8) is 0 Å². The summed E-state index contributed by atoms with van der Waals surface area (Å²) in [5, 5.41) is 2.05. The van der Waals surface area contributed by atoms with E-state index in [-0.39, 0.29) is 0 Å². The van der Waals surface area contributed by atoms with E-state index in [0.29, 0.717) is 16.5 Å². The number of hydrogen-bond acceptors (Lipinski definition) is 4. The molecule has 2 nitrogen and oxygen atoms in total. The molecular weight excluding hydrogens is 272 g/mol. The lowest BCUT2D eigenvalue weighted by Gasteiger charge is -2.35. The van der Waals surface area contributed by atoms with Gasteiger partial charge in [-0.3, -0.25) is 11.3 Å². The molecule has 1 aliphatic rings. The molecule has 1 fully saturated rings. The Balaban J connectivity index is 1.98. The van der Waals surface area contributed by atoms with Crippen molar-refractivity contribution in [2.24, 2.45) is 5.84 Å². The summed E-state index contributed by atoms with van der Waals surface area (Å²) in [6, 6.07) is 9.14. The van der Waals surface area contributed by atoms with Crippen LogP contribution in [0.1, 0.15) is 25.0 Å². The van der Waals surface area contributed by atoms with E-state index in [9.17, 15) is 0 Å². The van der Waals surface area contributed by atoms with E-state index in [1.54, 1.807) is 0 Å². The highest BCUT2D eigenvalue weighted by Crippen LogP contribution is 2.37. The number of nitrogens with two attached hydrogens (primary N) is 1. The number of aryl methyl sites for hydroxylation is 1. The van der Waals surface area contributed by atoms with Gasteiger partial charge >= 0.3 is 0 Å². The Morgan fingerprint density at radius 2 is 1.95 bits per heavy atom. The Morgan fingerprint density at radius 1 is 1.26 bits per heavy atom. The van der Waals surface area contributed by atoms with Crippen molar-refractivity contribution in [1.82, 2.24) is 5.43 Å². The molecule has 0 spiro atoms. The summed E-state index contributed by atoms with van der Waals surface area (Å²) in [6.45, 7) is 6.77. The van der Waals surface area contributed by atoms with Gasteiger partial charge in [-0.05, 0) is 18.9 Å². The highest BCUT2D eigenvalue weighted by molar-refractivity contribution is 8.07. The van der Waals surface area contributed by atoms with Crippen LogP contribution in [0.4, 0.5) is 0 Å². The van der Waals surface area contributed by atoms with Crippen molar-refractivity contribution in [3.05, 3.63) is 35.4 Å². The first kappa shape index (κ1) is 15.2. The fourth-order valence-electron chi connectivity index (χ4n) is 2.29. The smallest absolute Gasteiger partial charge is 0.0377 e. The van der Waals surface area contributed by atoms with E-state index in [1.165, 1.54) is 16.9 Å². The van der Waals surface area contributed by atoms with Gasteiger partial charge in [0.25, 0.3) is 0 Å². The number of nitrogens with one attached hydrogen (secondary N) is 1. The molecule has 106 valence electrons. The normalized spacial score (nSPS) is 29.2. The maximum Gasteiger partial charge on any atom is 0.0377 e. The van der Waals surface area contributed by atoms with Crippen molar-refractivity contribution in [2.75, 3.05) is 5.75 Å². The first-order chi connectivity index (χ1) is 9.10. The van der Waals surface area contributed by atoms with Crippen LogP contribution in [0.3, 0.4) is 0 Å². The standard InChI is InChI=1S/C15H24N2S2/c1-10-4-6-13(7-5-10)8-14(17-16)15-9-18-11(2)12(3)19-15/h4-7,11-12,14-15,17H,8-9,16H2,1-3H3. The first-order valence-electron chi connectivity index (χ1n) is 6.89. The molecule has 0 bridgehead atoms. The lowest BCUT2D eigenvalue weighted by atomic mass is 10.0. The minimum atomic E-state index is 0.357. The van der Waals surface area contributed by atoms with Gasteiger partial charge in [0.2, 0.25) is 0 Å². The highest BCUT2D eigenvalue weighted by atomic mass is 32.2. The summed E-state index contributed by atoms with van der Waals surface area (Å²) < 4.78 is 0. The highest BCUT2D eigenvalue weighted by Gasteiger charge is 2.30. The second kappa shape index (κ2) is 7.02. The summed E-state index contributed by atoms with van der Waals surface area (Å²) in [4.78, 5) is 0. The van der Waals surface area contributed by atoms with Gasteiger partial charge in [-0.1, -0.05) is 43.7 Å². The molecule has 3 N–H and O–H groups in total. The van der Waals surface area contributed by atoms with Gasteiger partial charge in [-0.2, -0.15) is 23.5 Å². The maximum absolute atomic E-state index is 5.79. The van der Waals surface area contributed by atoms with Crippen LogP contribution >= 0.6 is 23.5 Å². The average Bonchev–Trinajstić information content (AvgIpc) is 2.41. The summed E-state index contributed by atoms with van der Waals surface area (Å²) in [5.74, 6) is 6.98. The van der Waals surface area contributed by atoms with Crippen molar-refractivity contribution in [2.45, 2.75) is 49.0 Å². The molecule has 2 rings (SSSR count). The van der Waals surface area contributed by atoms with E-state index in [1.807, 2.05) is 0 Å². The van der Waals surface area contributed by atoms with Gasteiger partial charge in [0.1, 0.15) is 0 Å². The zero-order chi connectivity index (χ0) is 13.8. The van der Waals surface area contributed by atoms with Crippen LogP contribution in [-0.2, 0) is 6.42 Å². The minimum Gasteiger partial charge on any atom is -0.271 e. The van der Waals surface area contributed by atoms with Gasteiger partial charge in [-0.25, -0.2) is 0 Å². The third-order valence-corrected chi connectivity index (χ3v) is 7.36. The van der Waals surface area contributed by atoms with Crippen molar-refractivity contribution < 1.29 is 0 Å². The van der Waals surface area contributed by atoms with E-state index in [4.69, 9.17) is 5.84 Å². The molecule has 1 aromatic rings. The molecule has 19 heavy (non-hydrogen) atoms. The fourth-order valence-corrected chi connectivity index (χ4v) is 5.41. The monoisotopic (exact) mass is 296 g/mol. The second-order valence-corrected chi connectivity index (χ2v) is 8.41. The molecule has 4 unspecified atom stereocenters. The van der Waals surface area contributed by atoms with Gasteiger partial charge in [-0.15, -0.1) is 0 Å². The summed E-state index contributed by atoms with van der Waals surface area (Å²) in [5.41, 5.74) is 5.71. The molecule has 4 atom stereocenters. The molecule has 1 heterocycles. The quantitative estimate of drug-likeness (QED) is 0.662. The van der Waals surface area contributed by atoms with Crippen LogP contribution in [-0.4, -0.2) is 27.5 Å². The third-order valence-electron chi connectivity index (χ3n) is 3.81. The van der Waals surface area contributed by atoms with Crippen LogP contribution in [0.25, 0.3) is 0 Å². The number of benzene rings is 1. The van der Waals surface area contributed by atoms with Gasteiger partial charge in [0, 0.05) is 27.5 Å². The Morgan fingerprint density at radius 3 is 2.53 bits per heavy atom. The number of hydrazine groups is 1. The minimum absolute atomic E-state index is 0.357. The Labute approximate surface area is 125 Å². The molecule has 0 aliphatic carbocycles. The molecule has 1 saturated heterocycles. The third kappa shape index (κ3) is 4.15. The van der Waals surface area contributed by atoms with Crippen LogP contribution in [0.5, 0.6) is 0 Å². The second-order valence-electron chi connectivity index (χ2n) is 5.38. The predicted octanol–water partition coefficient (Wildman–Crippen LogP) is 3.00. The van der Waals surface area contributed by atoms with Crippen molar-refractivity contribution in [3.8, 4) is 0 Å². The summed E-state index contributed by atoms with van der Waals surface area (Å²) in [7, 11) is 0. The molecule has 0 saturated carbocycles. The first-order valence-corrected chi connectivity index (χ1v) is 8.88. The van der Waals surface area contributed by atoms with Crippen LogP contribution < -0.4 is 11.3 Å². The van der Waals surface area contributed by atoms with E-state index < -0.39 is 0 Å². The predicted molar refractivity (Wildman–Crippen MR) is 88.8 cm³/mol. The molecular formula is C15H24N2S2. The van der Waals surface area contributed by atoms with E-state index >= 15 is 0 Å². The molecule has 0 amide bonds. The number of rotatable bonds is 4. The van der Waals surface area contributed by atoms with Crippen molar-refractivity contribution in [1.29, 1.82) is 0 Å². The summed E-state index contributed by atoms with van der Waals surface area (Å²) >= 11 is 4.16. The van der Waals surface area contributed by atoms with Gasteiger partial charge in [0.15, 0.2) is 0 Å². The Hall–Kier alpha value is -0.160. The van der Waals surface area contributed by atoms with Gasteiger partial charge < -0.3 is 0 Å². The number of hydrogen-bond donors (Lipinski definition) is 2. The zero-order valence-corrected chi connectivity index (χ0v) is 13.6. The van der Waals surface area contributed by atoms with Gasteiger partial charge in [0.05, 0.1) is 0 Å². The largest absolute Gasteiger partial charge is 0.271 e. The van der Waals surface area contributed by atoms with Crippen LogP contribution in [0.2, 0.25) is 0 Å².